The molecule has 0 bridgehead atoms. The predicted octanol–water partition coefficient (Wildman–Crippen LogP) is 13.4. The maximum Gasteiger partial charge on any atom is 0.362 e. The minimum absolute atomic E-state index is 0.0482. The lowest BCUT2D eigenvalue weighted by molar-refractivity contribution is -0.887. The highest BCUT2D eigenvalue weighted by Gasteiger charge is 2.31. The van der Waals surface area contributed by atoms with Crippen LogP contribution in [0.1, 0.15) is 194 Å². The van der Waals surface area contributed by atoms with Crippen molar-refractivity contribution in [3.8, 4) is 0 Å². The van der Waals surface area contributed by atoms with Crippen LogP contribution in [0.2, 0.25) is 0 Å². The lowest BCUT2D eigenvalue weighted by Crippen LogP contribution is -2.50. The lowest BCUT2D eigenvalue weighted by Gasteiger charge is -2.31. The van der Waals surface area contributed by atoms with E-state index in [1.165, 1.54) is 96.3 Å². The van der Waals surface area contributed by atoms with Crippen LogP contribution in [0.5, 0.6) is 0 Å². The number of esters is 2. The maximum absolute atomic E-state index is 12.8. The van der Waals surface area contributed by atoms with Gasteiger partial charge in [0.2, 0.25) is 0 Å². The van der Waals surface area contributed by atoms with Gasteiger partial charge in [0.15, 0.2) is 12.1 Å². The maximum atomic E-state index is 12.8. The number of allylic oxidation sites excluding steroid dienone is 10. The smallest absolute Gasteiger partial charge is 0.362 e. The van der Waals surface area contributed by atoms with Crippen LogP contribution in [0, 0.1) is 0 Å². The predicted molar refractivity (Wildman–Crippen MR) is 247 cm³/mol. The second kappa shape index (κ2) is 41.8. The van der Waals surface area contributed by atoms with Crippen LogP contribution < -0.4 is 0 Å². The number of unbranched alkanes of at least 4 members (excludes halogenated alkanes) is 21. The molecule has 0 heterocycles. The fourth-order valence-corrected chi connectivity index (χ4v) is 6.74. The number of quaternary nitrogens is 1. The molecule has 8 nitrogen and oxygen atoms in total. The molecule has 0 radical (unpaired) electrons. The van der Waals surface area contributed by atoms with Gasteiger partial charge in [-0.25, -0.2) is 4.79 Å². The fraction of sp³-hybridized carbons (Fsp3) is 0.745. The molecule has 8 heteroatoms. The van der Waals surface area contributed by atoms with Crippen LogP contribution >= 0.6 is 0 Å². The second-order valence-corrected chi connectivity index (χ2v) is 17.1. The molecule has 0 amide bonds. The zero-order valence-corrected chi connectivity index (χ0v) is 38.7. The third kappa shape index (κ3) is 40.2. The van der Waals surface area contributed by atoms with Crippen LogP contribution in [0.4, 0.5) is 0 Å². The van der Waals surface area contributed by atoms with E-state index in [1.807, 2.05) is 21.1 Å². The van der Waals surface area contributed by atoms with E-state index in [4.69, 9.17) is 14.2 Å². The summed E-state index contributed by atoms with van der Waals surface area (Å²) in [5.74, 6) is -1.50. The summed E-state index contributed by atoms with van der Waals surface area (Å²) in [6, 6.07) is -0.622. The minimum atomic E-state index is -0.881. The molecule has 0 aromatic heterocycles. The van der Waals surface area contributed by atoms with Crippen LogP contribution in [-0.2, 0) is 28.6 Å². The van der Waals surface area contributed by atoms with E-state index in [0.717, 1.165) is 64.2 Å². The van der Waals surface area contributed by atoms with Crippen molar-refractivity contribution < 1.29 is 38.2 Å². The zero-order valence-electron chi connectivity index (χ0n) is 38.7. The summed E-state index contributed by atoms with van der Waals surface area (Å²) in [5, 5.41) is 9.63. The molecule has 1 N–H and O–H groups in total. The average Bonchev–Trinajstić information content (AvgIpc) is 3.19. The van der Waals surface area contributed by atoms with E-state index in [2.05, 4.69) is 74.6 Å². The highest BCUT2D eigenvalue weighted by Crippen LogP contribution is 2.14. The number of carboxylic acid groups (broad SMARTS) is 1. The first-order valence-electron chi connectivity index (χ1n) is 23.9. The van der Waals surface area contributed by atoms with E-state index >= 15 is 0 Å². The Kier molecular flexibility index (Phi) is 39.6. The summed E-state index contributed by atoms with van der Waals surface area (Å²) in [6.45, 7) is 4.67. The van der Waals surface area contributed by atoms with E-state index in [-0.39, 0.29) is 36.2 Å². The molecule has 340 valence electrons. The molecule has 0 aliphatic heterocycles. The van der Waals surface area contributed by atoms with Gasteiger partial charge in [0, 0.05) is 19.3 Å². The Bertz CT molecular complexity index is 1150. The Balaban J connectivity index is 4.37. The largest absolute Gasteiger partial charge is 0.477 e. The summed E-state index contributed by atoms with van der Waals surface area (Å²) in [7, 11) is 5.52. The van der Waals surface area contributed by atoms with E-state index in [0.29, 0.717) is 19.3 Å². The molecule has 2 atom stereocenters. The van der Waals surface area contributed by atoms with E-state index in [1.54, 1.807) is 0 Å². The number of nitrogens with zero attached hydrogens (tertiary/aromatic N) is 1. The van der Waals surface area contributed by atoms with E-state index in [9.17, 15) is 19.5 Å². The number of carboxylic acids is 1. The molecule has 0 rings (SSSR count). The van der Waals surface area contributed by atoms with Crippen molar-refractivity contribution >= 4 is 17.9 Å². The SMILES string of the molecule is CCCCC/C=C/C=C/C=C/C=C/CCCCCCCC(=O)OC(COCCC(C(=O)O)[N+](C)(C)C)COC(=O)CCCCCCCCC/C=C/CCCCCCCC. The van der Waals surface area contributed by atoms with Crippen LogP contribution in [0.3, 0.4) is 0 Å². The minimum Gasteiger partial charge on any atom is -0.477 e. The molecular formula is C51H90NO7+. The van der Waals surface area contributed by atoms with Crippen molar-refractivity contribution in [3.05, 3.63) is 60.8 Å². The molecule has 0 spiro atoms. The molecule has 0 fully saturated rings. The standard InChI is InChI=1S/C51H89NO7/c1-6-8-10-12-14-16-18-20-22-24-26-28-30-32-34-36-38-40-42-50(54)59-47(45-57-44-43-48(51(55)56)52(3,4)5)46-58-49(53)41-39-37-35-33-31-29-27-25-23-21-19-17-15-13-11-9-7-2/h14,16,18,20-24,26,28,47-48H,6-13,15,17,19,25,27,29-46H2,1-5H3/p+1/b16-14+,20-18+,23-21+,24-22+,28-26+. The van der Waals surface area contributed by atoms with Gasteiger partial charge >= 0.3 is 17.9 Å². The number of carbonyl (C=O) groups is 3. The van der Waals surface area contributed by atoms with Crippen molar-refractivity contribution in [2.24, 2.45) is 0 Å². The first kappa shape index (κ1) is 56.0. The van der Waals surface area contributed by atoms with Crippen molar-refractivity contribution in [1.82, 2.24) is 0 Å². The monoisotopic (exact) mass is 829 g/mol. The highest BCUT2D eigenvalue weighted by molar-refractivity contribution is 5.72. The van der Waals surface area contributed by atoms with Crippen LogP contribution in [0.25, 0.3) is 0 Å². The average molecular weight is 829 g/mol. The van der Waals surface area contributed by atoms with Crippen LogP contribution in [-0.4, -0.2) is 80.6 Å². The fourth-order valence-electron chi connectivity index (χ4n) is 6.74. The summed E-state index contributed by atoms with van der Waals surface area (Å²) >= 11 is 0. The van der Waals surface area contributed by atoms with Crippen LogP contribution in [0.15, 0.2) is 60.8 Å². The Morgan fingerprint density at radius 2 is 0.915 bits per heavy atom. The first-order chi connectivity index (χ1) is 28.6. The van der Waals surface area contributed by atoms with Gasteiger partial charge in [-0.05, 0) is 64.2 Å². The molecule has 0 saturated carbocycles. The summed E-state index contributed by atoms with van der Waals surface area (Å²) in [4.78, 5) is 37.1. The van der Waals surface area contributed by atoms with Gasteiger partial charge in [0.05, 0.1) is 34.4 Å². The van der Waals surface area contributed by atoms with Gasteiger partial charge in [-0.1, -0.05) is 171 Å². The molecule has 59 heavy (non-hydrogen) atoms. The van der Waals surface area contributed by atoms with Crippen molar-refractivity contribution in [2.75, 3.05) is 41.0 Å². The highest BCUT2D eigenvalue weighted by atomic mass is 16.6. The van der Waals surface area contributed by atoms with Gasteiger partial charge < -0.3 is 23.8 Å². The van der Waals surface area contributed by atoms with Gasteiger partial charge in [-0.2, -0.15) is 0 Å². The number of likely N-dealkylation sites (N-methyl/N-ethyl adjacent to an activating group) is 1. The third-order valence-corrected chi connectivity index (χ3v) is 10.5. The van der Waals surface area contributed by atoms with Gasteiger partial charge in [-0.3, -0.25) is 9.59 Å². The van der Waals surface area contributed by atoms with Crippen molar-refractivity contribution in [1.29, 1.82) is 0 Å². The Hall–Kier alpha value is -2.97. The summed E-state index contributed by atoms with van der Waals surface area (Å²) < 4.78 is 17.3. The lowest BCUT2D eigenvalue weighted by atomic mass is 10.1. The topological polar surface area (TPSA) is 99.1 Å². The number of aliphatic carboxylic acids is 1. The van der Waals surface area contributed by atoms with Gasteiger partial charge in [-0.15, -0.1) is 0 Å². The molecule has 2 unspecified atom stereocenters. The molecule has 0 aromatic carbocycles. The molecular weight excluding hydrogens is 739 g/mol. The first-order valence-corrected chi connectivity index (χ1v) is 23.9. The number of hydrogen-bond acceptors (Lipinski definition) is 6. The number of rotatable bonds is 42. The molecule has 0 aliphatic rings. The number of carbonyl (C=O) groups excluding carboxylic acids is 2. The summed E-state index contributed by atoms with van der Waals surface area (Å²) in [5.41, 5.74) is 0. The number of hydrogen-bond donors (Lipinski definition) is 1. The van der Waals surface area contributed by atoms with Gasteiger partial charge in [0.25, 0.3) is 0 Å². The summed E-state index contributed by atoms with van der Waals surface area (Å²) in [6.07, 6.45) is 51.1. The van der Waals surface area contributed by atoms with Crippen molar-refractivity contribution in [3.63, 3.8) is 0 Å². The number of ether oxygens (including phenoxy) is 3. The Morgan fingerprint density at radius 3 is 1.41 bits per heavy atom. The molecule has 0 saturated heterocycles. The van der Waals surface area contributed by atoms with Crippen molar-refractivity contribution in [2.45, 2.75) is 206 Å². The third-order valence-electron chi connectivity index (χ3n) is 10.5. The second-order valence-electron chi connectivity index (χ2n) is 17.1. The Morgan fingerprint density at radius 1 is 0.508 bits per heavy atom. The normalized spacial score (nSPS) is 13.4. The zero-order chi connectivity index (χ0) is 43.5. The van der Waals surface area contributed by atoms with E-state index < -0.39 is 18.1 Å². The van der Waals surface area contributed by atoms with Gasteiger partial charge in [0.1, 0.15) is 6.61 Å². The quantitative estimate of drug-likeness (QED) is 0.0215. The molecule has 0 aliphatic carbocycles. The molecule has 0 aromatic rings. The Labute approximate surface area is 362 Å².